The van der Waals surface area contributed by atoms with Crippen LogP contribution in [0.5, 0.6) is 0 Å². The van der Waals surface area contributed by atoms with Gasteiger partial charge in [-0.2, -0.15) is 0 Å². The number of ether oxygens (including phenoxy) is 1. The van der Waals surface area contributed by atoms with E-state index in [4.69, 9.17) is 10.5 Å². The van der Waals surface area contributed by atoms with E-state index < -0.39 is 0 Å². The van der Waals surface area contributed by atoms with Crippen LogP contribution >= 0.6 is 0 Å². The van der Waals surface area contributed by atoms with Gasteiger partial charge in [0.2, 0.25) is 0 Å². The first-order valence-electron chi connectivity index (χ1n) is 4.55. The van der Waals surface area contributed by atoms with Crippen LogP contribution in [0.3, 0.4) is 0 Å². The molecule has 0 aromatic heterocycles. The summed E-state index contributed by atoms with van der Waals surface area (Å²) in [5.74, 6) is 0.727. The SMILES string of the molecule is CC(C)C[C@@H]1C[C@@H](N)CCO1. The standard InChI is InChI=1S/C9H19NO/c1-7(2)5-9-6-8(10)3-4-11-9/h7-9H,3-6,10H2,1-2H3/t8-,9+/m0/s1. The fourth-order valence-electron chi connectivity index (χ4n) is 1.60. The molecule has 1 saturated heterocycles. The lowest BCUT2D eigenvalue weighted by atomic mass is 9.97. The summed E-state index contributed by atoms with van der Waals surface area (Å²) in [6.45, 7) is 5.31. The van der Waals surface area contributed by atoms with Crippen LogP contribution in [0.1, 0.15) is 33.1 Å². The second kappa shape index (κ2) is 4.07. The Balaban J connectivity index is 2.23. The van der Waals surface area contributed by atoms with E-state index in [1.807, 2.05) is 0 Å². The molecule has 0 bridgehead atoms. The summed E-state index contributed by atoms with van der Waals surface area (Å²) in [5.41, 5.74) is 5.82. The van der Waals surface area contributed by atoms with E-state index in [2.05, 4.69) is 13.8 Å². The molecule has 0 saturated carbocycles. The lowest BCUT2D eigenvalue weighted by molar-refractivity contribution is -0.00341. The Hall–Kier alpha value is -0.0800. The van der Waals surface area contributed by atoms with Gasteiger partial charge in [0.25, 0.3) is 0 Å². The van der Waals surface area contributed by atoms with Gasteiger partial charge in [0.15, 0.2) is 0 Å². The van der Waals surface area contributed by atoms with Gasteiger partial charge in [-0.25, -0.2) is 0 Å². The van der Waals surface area contributed by atoms with Gasteiger partial charge in [-0.1, -0.05) is 13.8 Å². The van der Waals surface area contributed by atoms with E-state index in [0.717, 1.165) is 31.8 Å². The Kier molecular flexibility index (Phi) is 3.34. The molecule has 1 fully saturated rings. The molecule has 0 unspecified atom stereocenters. The highest BCUT2D eigenvalue weighted by Gasteiger charge is 2.19. The zero-order valence-electron chi connectivity index (χ0n) is 7.55. The Morgan fingerprint density at radius 3 is 2.82 bits per heavy atom. The molecule has 2 nitrogen and oxygen atoms in total. The molecule has 1 rings (SSSR count). The van der Waals surface area contributed by atoms with E-state index in [9.17, 15) is 0 Å². The molecule has 0 radical (unpaired) electrons. The molecule has 2 atom stereocenters. The summed E-state index contributed by atoms with van der Waals surface area (Å²) in [6, 6.07) is 0.382. The van der Waals surface area contributed by atoms with Crippen LogP contribution in [0.4, 0.5) is 0 Å². The fraction of sp³-hybridized carbons (Fsp3) is 1.00. The lowest BCUT2D eigenvalue weighted by Crippen LogP contribution is -2.35. The lowest BCUT2D eigenvalue weighted by Gasteiger charge is -2.28. The normalized spacial score (nSPS) is 32.7. The second-order valence-corrected chi connectivity index (χ2v) is 3.91. The van der Waals surface area contributed by atoms with Crippen LogP contribution in [0.25, 0.3) is 0 Å². The molecule has 0 aromatic carbocycles. The maximum absolute atomic E-state index is 5.82. The minimum absolute atomic E-state index is 0.382. The van der Waals surface area contributed by atoms with Crippen molar-refractivity contribution < 1.29 is 4.74 Å². The molecule has 2 heteroatoms. The predicted octanol–water partition coefficient (Wildman–Crippen LogP) is 1.54. The third-order valence-corrected chi connectivity index (χ3v) is 2.14. The van der Waals surface area contributed by atoms with E-state index >= 15 is 0 Å². The smallest absolute Gasteiger partial charge is 0.0592 e. The van der Waals surface area contributed by atoms with Crippen molar-refractivity contribution in [2.45, 2.75) is 45.3 Å². The maximum atomic E-state index is 5.82. The van der Waals surface area contributed by atoms with Gasteiger partial charge in [0.1, 0.15) is 0 Å². The third-order valence-electron chi connectivity index (χ3n) is 2.14. The third kappa shape index (κ3) is 3.21. The van der Waals surface area contributed by atoms with Crippen molar-refractivity contribution in [2.75, 3.05) is 6.61 Å². The van der Waals surface area contributed by atoms with Crippen molar-refractivity contribution in [3.05, 3.63) is 0 Å². The summed E-state index contributed by atoms with van der Waals surface area (Å²) >= 11 is 0. The molecule has 11 heavy (non-hydrogen) atoms. The second-order valence-electron chi connectivity index (χ2n) is 3.91. The van der Waals surface area contributed by atoms with Gasteiger partial charge in [-0.3, -0.25) is 0 Å². The highest BCUT2D eigenvalue weighted by molar-refractivity contribution is 4.74. The highest BCUT2D eigenvalue weighted by Crippen LogP contribution is 2.18. The molecule has 1 aliphatic rings. The van der Waals surface area contributed by atoms with Crippen LogP contribution in [-0.4, -0.2) is 18.8 Å². The largest absolute Gasteiger partial charge is 0.378 e. The Bertz CT molecular complexity index is 112. The average molecular weight is 157 g/mol. The molecule has 0 amide bonds. The summed E-state index contributed by atoms with van der Waals surface area (Å²) in [6.07, 6.45) is 3.68. The van der Waals surface area contributed by atoms with Gasteiger partial charge in [0, 0.05) is 12.6 Å². The quantitative estimate of drug-likeness (QED) is 0.660. The van der Waals surface area contributed by atoms with E-state index in [1.54, 1.807) is 0 Å². The molecule has 0 spiro atoms. The first-order valence-corrected chi connectivity index (χ1v) is 4.55. The van der Waals surface area contributed by atoms with Crippen molar-refractivity contribution >= 4 is 0 Å². The van der Waals surface area contributed by atoms with Crippen LogP contribution in [0.2, 0.25) is 0 Å². The van der Waals surface area contributed by atoms with E-state index in [1.165, 1.54) is 0 Å². The maximum Gasteiger partial charge on any atom is 0.0592 e. The van der Waals surface area contributed by atoms with Crippen molar-refractivity contribution in [3.8, 4) is 0 Å². The molecule has 0 aliphatic carbocycles. The molecule has 66 valence electrons. The topological polar surface area (TPSA) is 35.2 Å². The Labute approximate surface area is 69.1 Å². The van der Waals surface area contributed by atoms with Crippen molar-refractivity contribution in [3.63, 3.8) is 0 Å². The summed E-state index contributed by atoms with van der Waals surface area (Å²) in [5, 5.41) is 0. The first kappa shape index (κ1) is 9.01. The van der Waals surface area contributed by atoms with Crippen molar-refractivity contribution in [1.29, 1.82) is 0 Å². The number of hydrogen-bond acceptors (Lipinski definition) is 2. The summed E-state index contributed by atoms with van der Waals surface area (Å²) in [4.78, 5) is 0. The minimum atomic E-state index is 0.382. The van der Waals surface area contributed by atoms with Gasteiger partial charge in [-0.05, 0) is 25.2 Å². The van der Waals surface area contributed by atoms with Crippen LogP contribution in [0.15, 0.2) is 0 Å². The predicted molar refractivity (Wildman–Crippen MR) is 46.4 cm³/mol. The van der Waals surface area contributed by atoms with Crippen LogP contribution in [0, 0.1) is 5.92 Å². The van der Waals surface area contributed by atoms with Gasteiger partial charge in [-0.15, -0.1) is 0 Å². The highest BCUT2D eigenvalue weighted by atomic mass is 16.5. The van der Waals surface area contributed by atoms with Gasteiger partial charge in [0.05, 0.1) is 6.10 Å². The summed E-state index contributed by atoms with van der Waals surface area (Å²) < 4.78 is 5.58. The van der Waals surface area contributed by atoms with E-state index in [-0.39, 0.29) is 0 Å². The molecular formula is C9H19NO. The Morgan fingerprint density at radius 2 is 2.27 bits per heavy atom. The Morgan fingerprint density at radius 1 is 1.55 bits per heavy atom. The molecule has 1 aliphatic heterocycles. The molecule has 1 heterocycles. The molecular weight excluding hydrogens is 138 g/mol. The summed E-state index contributed by atoms with van der Waals surface area (Å²) in [7, 11) is 0. The number of hydrogen-bond donors (Lipinski definition) is 1. The minimum Gasteiger partial charge on any atom is -0.378 e. The van der Waals surface area contributed by atoms with Gasteiger partial charge < -0.3 is 10.5 Å². The molecule has 2 N–H and O–H groups in total. The zero-order valence-corrected chi connectivity index (χ0v) is 7.55. The monoisotopic (exact) mass is 157 g/mol. The van der Waals surface area contributed by atoms with Crippen molar-refractivity contribution in [1.82, 2.24) is 0 Å². The van der Waals surface area contributed by atoms with E-state index in [0.29, 0.717) is 12.1 Å². The van der Waals surface area contributed by atoms with Crippen LogP contribution < -0.4 is 5.73 Å². The van der Waals surface area contributed by atoms with Crippen LogP contribution in [-0.2, 0) is 4.74 Å². The molecule has 0 aromatic rings. The number of rotatable bonds is 2. The number of nitrogens with two attached hydrogens (primary N) is 1. The average Bonchev–Trinajstić information content (AvgIpc) is 1.85. The first-order chi connectivity index (χ1) is 5.18. The zero-order chi connectivity index (χ0) is 8.27. The fourth-order valence-corrected chi connectivity index (χ4v) is 1.60. The van der Waals surface area contributed by atoms with Gasteiger partial charge >= 0.3 is 0 Å². The van der Waals surface area contributed by atoms with Crippen molar-refractivity contribution in [2.24, 2.45) is 11.7 Å².